The Kier molecular flexibility index (Phi) is 3.06. The number of aliphatic imine (C=N–C) groups is 1. The zero-order chi connectivity index (χ0) is 10.1. The van der Waals surface area contributed by atoms with E-state index >= 15 is 0 Å². The smallest absolute Gasteiger partial charge is 0.211 e. The van der Waals surface area contributed by atoms with Gasteiger partial charge in [0.05, 0.1) is 0 Å². The van der Waals surface area contributed by atoms with Crippen LogP contribution in [-0.4, -0.2) is 6.08 Å². The molecule has 4 heteroatoms. The molecule has 1 heterocycles. The second-order valence-corrected chi connectivity index (χ2v) is 5.39. The number of nitrogens with zero attached hydrogens (tertiary/aromatic N) is 1. The molecule has 0 aromatic carbocycles. The fourth-order valence-electron chi connectivity index (χ4n) is 0.931. The predicted molar refractivity (Wildman–Crippen MR) is 57.9 cm³/mol. The Morgan fingerprint density at radius 3 is 2.62 bits per heavy atom. The van der Waals surface area contributed by atoms with Gasteiger partial charge in [-0.15, -0.1) is 11.3 Å². The van der Waals surface area contributed by atoms with E-state index in [2.05, 4.69) is 20.9 Å². The molecule has 1 aromatic heterocycles. The van der Waals surface area contributed by atoms with Gasteiger partial charge in [0.25, 0.3) is 0 Å². The summed E-state index contributed by atoms with van der Waals surface area (Å²) in [5, 5.41) is 0. The first-order chi connectivity index (χ1) is 5.97. The van der Waals surface area contributed by atoms with Crippen LogP contribution in [-0.2, 0) is 10.3 Å². The Hall–Kier alpha value is -0.440. The fourth-order valence-corrected chi connectivity index (χ4v) is 2.51. The van der Waals surface area contributed by atoms with Crippen molar-refractivity contribution in [2.45, 2.75) is 26.3 Å². The average Bonchev–Trinajstić information content (AvgIpc) is 2.33. The van der Waals surface area contributed by atoms with Crippen molar-refractivity contribution in [3.05, 3.63) is 20.3 Å². The van der Waals surface area contributed by atoms with Crippen LogP contribution in [0.3, 0.4) is 0 Å². The summed E-state index contributed by atoms with van der Waals surface area (Å²) < 4.78 is 1.07. The Morgan fingerprint density at radius 1 is 1.62 bits per heavy atom. The first kappa shape index (κ1) is 10.6. The largest absolute Gasteiger partial charge is 0.235 e. The number of aryl methyl sites for hydroxylation is 1. The van der Waals surface area contributed by atoms with Crippen LogP contribution >= 0.6 is 27.3 Å². The predicted octanol–water partition coefficient (Wildman–Crippen LogP) is 3.39. The van der Waals surface area contributed by atoms with Crippen molar-refractivity contribution >= 4 is 33.3 Å². The van der Waals surface area contributed by atoms with Gasteiger partial charge in [0.1, 0.15) is 5.54 Å². The standard InChI is InChI=1S/C9H10BrNOS/c1-6-7(10)4-8(13-6)9(2,3)11-5-12/h4H,1-3H3. The molecule has 0 unspecified atom stereocenters. The Balaban J connectivity index is 3.14. The van der Waals surface area contributed by atoms with Crippen LogP contribution in [0.2, 0.25) is 0 Å². The van der Waals surface area contributed by atoms with E-state index in [0.29, 0.717) is 0 Å². The molecule has 2 nitrogen and oxygen atoms in total. The lowest BCUT2D eigenvalue weighted by Gasteiger charge is -2.14. The molecule has 0 N–H and O–H groups in total. The monoisotopic (exact) mass is 259 g/mol. The molecule has 0 radical (unpaired) electrons. The van der Waals surface area contributed by atoms with Crippen LogP contribution in [0.25, 0.3) is 0 Å². The van der Waals surface area contributed by atoms with Crippen LogP contribution in [0.4, 0.5) is 0 Å². The quantitative estimate of drug-likeness (QED) is 0.592. The summed E-state index contributed by atoms with van der Waals surface area (Å²) in [7, 11) is 0. The fraction of sp³-hybridized carbons (Fsp3) is 0.444. The summed E-state index contributed by atoms with van der Waals surface area (Å²) in [5.41, 5.74) is -0.455. The maximum atomic E-state index is 10.2. The lowest BCUT2D eigenvalue weighted by atomic mass is 10.1. The van der Waals surface area contributed by atoms with Crippen molar-refractivity contribution in [2.75, 3.05) is 0 Å². The molecule has 0 fully saturated rings. The van der Waals surface area contributed by atoms with E-state index in [0.717, 1.165) is 9.35 Å². The molecule has 0 aliphatic rings. The highest BCUT2D eigenvalue weighted by Gasteiger charge is 2.22. The van der Waals surface area contributed by atoms with Crippen LogP contribution in [0.5, 0.6) is 0 Å². The van der Waals surface area contributed by atoms with Crippen molar-refractivity contribution in [3.63, 3.8) is 0 Å². The summed E-state index contributed by atoms with van der Waals surface area (Å²) in [5.74, 6) is 0. The second kappa shape index (κ2) is 3.74. The van der Waals surface area contributed by atoms with Gasteiger partial charge < -0.3 is 0 Å². The minimum Gasteiger partial charge on any atom is -0.211 e. The highest BCUT2D eigenvalue weighted by Crippen LogP contribution is 2.35. The van der Waals surface area contributed by atoms with Crippen LogP contribution in [0, 0.1) is 6.92 Å². The molecule has 0 atom stereocenters. The van der Waals surface area contributed by atoms with Gasteiger partial charge >= 0.3 is 0 Å². The molecular formula is C9H10BrNOS. The molecule has 0 amide bonds. The van der Waals surface area contributed by atoms with Crippen molar-refractivity contribution in [2.24, 2.45) is 4.99 Å². The normalized spacial score (nSPS) is 11.1. The van der Waals surface area contributed by atoms with E-state index in [1.54, 1.807) is 17.4 Å². The minimum absolute atomic E-state index is 0.455. The number of hydrogen-bond donors (Lipinski definition) is 0. The summed E-state index contributed by atoms with van der Waals surface area (Å²) in [6, 6.07) is 2.00. The van der Waals surface area contributed by atoms with Crippen LogP contribution in [0.1, 0.15) is 23.6 Å². The molecule has 13 heavy (non-hydrogen) atoms. The maximum absolute atomic E-state index is 10.2. The summed E-state index contributed by atoms with van der Waals surface area (Å²) in [6.45, 7) is 5.82. The average molecular weight is 260 g/mol. The topological polar surface area (TPSA) is 29.4 Å². The van der Waals surface area contributed by atoms with E-state index in [1.165, 1.54) is 4.88 Å². The molecule has 0 saturated heterocycles. The molecule has 0 saturated carbocycles. The van der Waals surface area contributed by atoms with Gasteiger partial charge in [-0.05, 0) is 42.8 Å². The van der Waals surface area contributed by atoms with Crippen molar-refractivity contribution in [1.29, 1.82) is 0 Å². The maximum Gasteiger partial charge on any atom is 0.235 e. The van der Waals surface area contributed by atoms with Crippen LogP contribution in [0.15, 0.2) is 15.5 Å². The Labute approximate surface area is 89.8 Å². The Bertz CT molecular complexity index is 344. The lowest BCUT2D eigenvalue weighted by Crippen LogP contribution is -2.10. The third-order valence-corrected chi connectivity index (χ3v) is 4.23. The highest BCUT2D eigenvalue weighted by atomic mass is 79.9. The number of thiophene rings is 1. The number of carbonyl (C=O) groups excluding carboxylic acids is 1. The van der Waals surface area contributed by atoms with E-state index < -0.39 is 5.54 Å². The van der Waals surface area contributed by atoms with E-state index in [9.17, 15) is 4.79 Å². The van der Waals surface area contributed by atoms with Gasteiger partial charge in [-0.3, -0.25) is 0 Å². The molecule has 0 aliphatic heterocycles. The van der Waals surface area contributed by atoms with Crippen LogP contribution < -0.4 is 0 Å². The number of hydrogen-bond acceptors (Lipinski definition) is 3. The SMILES string of the molecule is Cc1sc(C(C)(C)N=C=O)cc1Br. The van der Waals surface area contributed by atoms with Crippen molar-refractivity contribution in [1.82, 2.24) is 0 Å². The van der Waals surface area contributed by atoms with E-state index in [4.69, 9.17) is 0 Å². The second-order valence-electron chi connectivity index (χ2n) is 3.28. The molecule has 1 rings (SSSR count). The molecule has 1 aromatic rings. The highest BCUT2D eigenvalue weighted by molar-refractivity contribution is 9.10. The summed E-state index contributed by atoms with van der Waals surface area (Å²) in [4.78, 5) is 16.2. The zero-order valence-corrected chi connectivity index (χ0v) is 10.1. The third-order valence-electron chi connectivity index (χ3n) is 1.79. The van der Waals surface area contributed by atoms with E-state index in [1.807, 2.05) is 26.8 Å². The van der Waals surface area contributed by atoms with Gasteiger partial charge in [0.2, 0.25) is 6.08 Å². The first-order valence-electron chi connectivity index (χ1n) is 3.83. The molecule has 0 aliphatic carbocycles. The van der Waals surface area contributed by atoms with Crippen molar-refractivity contribution in [3.8, 4) is 0 Å². The number of rotatable bonds is 2. The first-order valence-corrected chi connectivity index (χ1v) is 5.44. The molecule has 0 spiro atoms. The summed E-state index contributed by atoms with van der Waals surface area (Å²) >= 11 is 5.07. The minimum atomic E-state index is -0.455. The van der Waals surface area contributed by atoms with Gasteiger partial charge in [0, 0.05) is 14.2 Å². The number of isocyanates is 1. The van der Waals surface area contributed by atoms with Gasteiger partial charge in [-0.2, -0.15) is 4.99 Å². The molecule has 0 bridgehead atoms. The van der Waals surface area contributed by atoms with Gasteiger partial charge in [0.15, 0.2) is 0 Å². The molecule has 70 valence electrons. The summed E-state index contributed by atoms with van der Waals surface area (Å²) in [6.07, 6.45) is 1.60. The zero-order valence-electron chi connectivity index (χ0n) is 7.72. The van der Waals surface area contributed by atoms with E-state index in [-0.39, 0.29) is 0 Å². The van der Waals surface area contributed by atoms with Gasteiger partial charge in [-0.25, -0.2) is 4.79 Å². The third kappa shape index (κ3) is 2.27. The Morgan fingerprint density at radius 2 is 2.23 bits per heavy atom. The lowest BCUT2D eigenvalue weighted by molar-refractivity contribution is 0.528. The van der Waals surface area contributed by atoms with Gasteiger partial charge in [-0.1, -0.05) is 0 Å². The number of halogens is 1. The van der Waals surface area contributed by atoms with Crippen molar-refractivity contribution < 1.29 is 4.79 Å². The molecular weight excluding hydrogens is 250 g/mol.